The average Bonchev–Trinajstić information content (AvgIpc) is 2.78. The zero-order chi connectivity index (χ0) is 16.5. The molecule has 126 valence electrons. The molecular weight excluding hydrogens is 294 g/mol. The molecule has 6 heteroatoms. The number of nitrogens with zero attached hydrogens (tertiary/aromatic N) is 2. The number of hydrogen-bond donors (Lipinski definition) is 1. The van der Waals surface area contributed by atoms with Gasteiger partial charge in [0, 0.05) is 33.1 Å². The summed E-state index contributed by atoms with van der Waals surface area (Å²) in [6, 6.07) is 9.54. The molecule has 0 aliphatic carbocycles. The lowest BCUT2D eigenvalue weighted by Crippen LogP contribution is -2.40. The summed E-state index contributed by atoms with van der Waals surface area (Å²) in [6.45, 7) is 5.96. The van der Waals surface area contributed by atoms with Gasteiger partial charge in [0.2, 0.25) is 11.8 Å². The molecule has 0 spiro atoms. The van der Waals surface area contributed by atoms with Crippen molar-refractivity contribution in [3.05, 3.63) is 30.3 Å². The van der Waals surface area contributed by atoms with E-state index in [1.165, 1.54) is 0 Å². The third-order valence-corrected chi connectivity index (χ3v) is 3.84. The van der Waals surface area contributed by atoms with E-state index in [1.54, 1.807) is 6.92 Å². The number of carbonyl (C=O) groups excluding carboxylic acids is 2. The van der Waals surface area contributed by atoms with Crippen molar-refractivity contribution in [2.45, 2.75) is 13.3 Å². The molecule has 1 fully saturated rings. The highest BCUT2D eigenvalue weighted by Gasteiger charge is 2.18. The molecular formula is C17H25N3O3. The second kappa shape index (κ2) is 9.15. The van der Waals surface area contributed by atoms with Crippen LogP contribution in [0.25, 0.3) is 0 Å². The molecule has 0 atom stereocenters. The lowest BCUT2D eigenvalue weighted by molar-refractivity contribution is -0.128. The second-order valence-electron chi connectivity index (χ2n) is 5.65. The fourth-order valence-electron chi connectivity index (χ4n) is 2.58. The van der Waals surface area contributed by atoms with E-state index in [-0.39, 0.29) is 11.8 Å². The first-order valence-corrected chi connectivity index (χ1v) is 8.07. The highest BCUT2D eigenvalue weighted by Crippen LogP contribution is 2.07. The number of para-hydroxylation sites is 1. The minimum Gasteiger partial charge on any atom is -0.492 e. The van der Waals surface area contributed by atoms with Crippen molar-refractivity contribution in [2.75, 3.05) is 45.9 Å². The first-order chi connectivity index (χ1) is 11.1. The molecule has 23 heavy (non-hydrogen) atoms. The highest BCUT2D eigenvalue weighted by atomic mass is 16.5. The molecule has 0 bridgehead atoms. The van der Waals surface area contributed by atoms with Gasteiger partial charge in [0.25, 0.3) is 0 Å². The average molecular weight is 319 g/mol. The fraction of sp³-hybridized carbons (Fsp3) is 0.529. The minimum atomic E-state index is -0.00191. The van der Waals surface area contributed by atoms with Gasteiger partial charge in [0.05, 0.1) is 13.1 Å². The van der Waals surface area contributed by atoms with Crippen LogP contribution >= 0.6 is 0 Å². The van der Waals surface area contributed by atoms with Crippen molar-refractivity contribution in [3.63, 3.8) is 0 Å². The molecule has 6 nitrogen and oxygen atoms in total. The molecule has 1 aromatic rings. The quantitative estimate of drug-likeness (QED) is 0.786. The Morgan fingerprint density at radius 2 is 1.91 bits per heavy atom. The molecule has 0 saturated carbocycles. The van der Waals surface area contributed by atoms with Crippen LogP contribution in [0.4, 0.5) is 0 Å². The number of benzene rings is 1. The van der Waals surface area contributed by atoms with E-state index in [9.17, 15) is 9.59 Å². The standard InChI is InChI=1S/C17H25N3O3/c1-15(21)20-10-5-9-19(11-12-20)14-17(22)18-8-13-23-16-6-3-2-4-7-16/h2-4,6-7H,5,8-14H2,1H3,(H,18,22). The molecule has 1 aromatic carbocycles. The number of rotatable bonds is 6. The zero-order valence-electron chi connectivity index (χ0n) is 13.7. The molecule has 0 unspecified atom stereocenters. The van der Waals surface area contributed by atoms with Crippen LogP contribution < -0.4 is 10.1 Å². The topological polar surface area (TPSA) is 61.9 Å². The summed E-state index contributed by atoms with van der Waals surface area (Å²) >= 11 is 0. The van der Waals surface area contributed by atoms with E-state index in [4.69, 9.17) is 4.74 Å². The first-order valence-electron chi connectivity index (χ1n) is 8.07. The Hall–Kier alpha value is -2.08. The maximum absolute atomic E-state index is 12.0. The van der Waals surface area contributed by atoms with Gasteiger partial charge in [-0.3, -0.25) is 14.5 Å². The Balaban J connectivity index is 1.62. The summed E-state index contributed by atoms with van der Waals surface area (Å²) in [5, 5.41) is 2.87. The van der Waals surface area contributed by atoms with Crippen LogP contribution in [0.5, 0.6) is 5.75 Å². The van der Waals surface area contributed by atoms with Gasteiger partial charge in [0.1, 0.15) is 12.4 Å². The van der Waals surface area contributed by atoms with E-state index in [2.05, 4.69) is 10.2 Å². The van der Waals surface area contributed by atoms with Crippen molar-refractivity contribution in [3.8, 4) is 5.75 Å². The van der Waals surface area contributed by atoms with Crippen LogP contribution in [-0.2, 0) is 9.59 Å². The van der Waals surface area contributed by atoms with Crippen LogP contribution in [-0.4, -0.2) is 67.5 Å². The molecule has 1 N–H and O–H groups in total. The highest BCUT2D eigenvalue weighted by molar-refractivity contribution is 5.78. The summed E-state index contributed by atoms with van der Waals surface area (Å²) in [6.07, 6.45) is 0.907. The minimum absolute atomic E-state index is 0.00191. The van der Waals surface area contributed by atoms with E-state index >= 15 is 0 Å². The Morgan fingerprint density at radius 1 is 1.13 bits per heavy atom. The predicted octanol–water partition coefficient (Wildman–Crippen LogP) is 0.736. The number of hydrogen-bond acceptors (Lipinski definition) is 4. The summed E-state index contributed by atoms with van der Waals surface area (Å²) in [5.41, 5.74) is 0. The molecule has 1 saturated heterocycles. The Bertz CT molecular complexity index is 507. The Labute approximate surface area is 137 Å². The SMILES string of the molecule is CC(=O)N1CCCN(CC(=O)NCCOc2ccccc2)CC1. The summed E-state index contributed by atoms with van der Waals surface area (Å²) in [7, 11) is 0. The number of amides is 2. The Morgan fingerprint density at radius 3 is 2.65 bits per heavy atom. The van der Waals surface area contributed by atoms with Crippen LogP contribution in [0.15, 0.2) is 30.3 Å². The Kier molecular flexibility index (Phi) is 6.87. The third-order valence-electron chi connectivity index (χ3n) is 3.84. The van der Waals surface area contributed by atoms with Gasteiger partial charge in [0.15, 0.2) is 0 Å². The van der Waals surface area contributed by atoms with E-state index in [1.807, 2.05) is 35.2 Å². The number of ether oxygens (including phenoxy) is 1. The van der Waals surface area contributed by atoms with E-state index in [0.717, 1.165) is 31.8 Å². The van der Waals surface area contributed by atoms with Crippen molar-refractivity contribution >= 4 is 11.8 Å². The van der Waals surface area contributed by atoms with Crippen molar-refractivity contribution in [2.24, 2.45) is 0 Å². The molecule has 0 radical (unpaired) electrons. The summed E-state index contributed by atoms with van der Waals surface area (Å²) in [5.74, 6) is 0.908. The van der Waals surface area contributed by atoms with Crippen molar-refractivity contribution < 1.29 is 14.3 Å². The molecule has 1 heterocycles. The largest absolute Gasteiger partial charge is 0.492 e. The van der Waals surface area contributed by atoms with Gasteiger partial charge in [-0.1, -0.05) is 18.2 Å². The maximum Gasteiger partial charge on any atom is 0.234 e. The zero-order valence-corrected chi connectivity index (χ0v) is 13.7. The van der Waals surface area contributed by atoms with Crippen LogP contribution in [0, 0.1) is 0 Å². The smallest absolute Gasteiger partial charge is 0.234 e. The molecule has 2 amide bonds. The van der Waals surface area contributed by atoms with Gasteiger partial charge in [-0.2, -0.15) is 0 Å². The van der Waals surface area contributed by atoms with Gasteiger partial charge in [-0.25, -0.2) is 0 Å². The monoisotopic (exact) mass is 319 g/mol. The van der Waals surface area contributed by atoms with Gasteiger partial charge in [-0.05, 0) is 18.6 Å². The lowest BCUT2D eigenvalue weighted by Gasteiger charge is -2.20. The third kappa shape index (κ3) is 6.28. The van der Waals surface area contributed by atoms with Crippen LogP contribution in [0.3, 0.4) is 0 Å². The summed E-state index contributed by atoms with van der Waals surface area (Å²) in [4.78, 5) is 27.3. The van der Waals surface area contributed by atoms with E-state index in [0.29, 0.717) is 26.2 Å². The second-order valence-corrected chi connectivity index (χ2v) is 5.65. The van der Waals surface area contributed by atoms with Crippen LogP contribution in [0.1, 0.15) is 13.3 Å². The lowest BCUT2D eigenvalue weighted by atomic mass is 10.3. The maximum atomic E-state index is 12.0. The van der Waals surface area contributed by atoms with Gasteiger partial charge in [-0.15, -0.1) is 0 Å². The number of nitrogens with one attached hydrogen (secondary N) is 1. The molecule has 0 aromatic heterocycles. The molecule has 1 aliphatic rings. The predicted molar refractivity (Wildman–Crippen MR) is 88.3 cm³/mol. The van der Waals surface area contributed by atoms with Gasteiger partial charge >= 0.3 is 0 Å². The van der Waals surface area contributed by atoms with Crippen LogP contribution in [0.2, 0.25) is 0 Å². The normalized spacial score (nSPS) is 15.8. The summed E-state index contributed by atoms with van der Waals surface area (Å²) < 4.78 is 5.53. The first kappa shape index (κ1) is 17.3. The number of carbonyl (C=O) groups is 2. The molecule has 1 aliphatic heterocycles. The molecule has 2 rings (SSSR count). The van der Waals surface area contributed by atoms with Gasteiger partial charge < -0.3 is 15.0 Å². The van der Waals surface area contributed by atoms with Crippen molar-refractivity contribution in [1.29, 1.82) is 0 Å². The fourth-order valence-corrected chi connectivity index (χ4v) is 2.58. The van der Waals surface area contributed by atoms with Crippen molar-refractivity contribution in [1.82, 2.24) is 15.1 Å². The van der Waals surface area contributed by atoms with E-state index < -0.39 is 0 Å².